The van der Waals surface area contributed by atoms with Gasteiger partial charge >= 0.3 is 0 Å². The molecule has 0 unspecified atom stereocenters. The molecule has 2 aromatic rings. The van der Waals surface area contributed by atoms with Gasteiger partial charge in [-0.25, -0.2) is 0 Å². The van der Waals surface area contributed by atoms with Crippen molar-refractivity contribution in [3.05, 3.63) is 34.2 Å². The number of thiazole rings is 2. The Kier molecular flexibility index (Phi) is 7.84. The van der Waals surface area contributed by atoms with E-state index in [0.29, 0.717) is 0 Å². The lowest BCUT2D eigenvalue weighted by Crippen LogP contribution is -2.29. The van der Waals surface area contributed by atoms with Gasteiger partial charge in [0.25, 0.3) is 0 Å². The van der Waals surface area contributed by atoms with E-state index in [0.717, 1.165) is 6.54 Å². The van der Waals surface area contributed by atoms with Gasteiger partial charge in [-0.15, -0.1) is 0 Å². The Balaban J connectivity index is 0.000000171. The first-order valence-corrected chi connectivity index (χ1v) is 8.07. The highest BCUT2D eigenvalue weighted by Crippen LogP contribution is 1.90. The van der Waals surface area contributed by atoms with E-state index in [-0.39, 0.29) is 0 Å². The summed E-state index contributed by atoms with van der Waals surface area (Å²) in [7, 11) is 0. The molecule has 2 nitrogen and oxygen atoms in total. The first-order chi connectivity index (χ1) is 8.36. The van der Waals surface area contributed by atoms with Crippen LogP contribution in [0.25, 0.3) is 0 Å². The summed E-state index contributed by atoms with van der Waals surface area (Å²) in [6.07, 6.45) is 8.03. The van der Waals surface area contributed by atoms with Crippen molar-refractivity contribution in [2.24, 2.45) is 0 Å². The summed E-state index contributed by atoms with van der Waals surface area (Å²) in [5.41, 5.74) is 4.28. The van der Waals surface area contributed by atoms with Gasteiger partial charge in [-0.1, -0.05) is 42.9 Å². The highest BCUT2D eigenvalue weighted by atomic mass is 32.1. The van der Waals surface area contributed by atoms with Crippen LogP contribution < -0.4 is 9.13 Å². The van der Waals surface area contributed by atoms with Crippen LogP contribution in [0, 0.1) is 0 Å². The Morgan fingerprint density at radius 2 is 1.41 bits per heavy atom. The number of hydrogen-bond donors (Lipinski definition) is 0. The maximum Gasteiger partial charge on any atom is 0.224 e. The summed E-state index contributed by atoms with van der Waals surface area (Å²) < 4.78 is 4.43. The zero-order chi connectivity index (χ0) is 12.3. The standard InChI is InChI=1S/C7H12NS.C6H10NS/c1-2-3-4-8-5-6-9-7-8;1-2-3-7-4-5-8-6-7/h5-7H,2-4H2,1H3;4-6H,2-3H2,1H3/q2*+1. The normalized spacial score (nSPS) is 9.76. The lowest BCUT2D eigenvalue weighted by atomic mass is 10.3. The van der Waals surface area contributed by atoms with Crippen LogP contribution in [-0.4, -0.2) is 0 Å². The number of hydrogen-bond acceptors (Lipinski definition) is 2. The summed E-state index contributed by atoms with van der Waals surface area (Å²) in [5.74, 6) is 0. The lowest BCUT2D eigenvalue weighted by molar-refractivity contribution is -0.692. The van der Waals surface area contributed by atoms with Crippen LogP contribution in [0.15, 0.2) is 34.2 Å². The summed E-state index contributed by atoms with van der Waals surface area (Å²) in [6, 6.07) is 0. The van der Waals surface area contributed by atoms with Crippen LogP contribution in [0.1, 0.15) is 33.1 Å². The molecule has 4 heteroatoms. The fourth-order valence-corrected chi connectivity index (χ4v) is 2.63. The largest absolute Gasteiger partial charge is 0.224 e. The van der Waals surface area contributed by atoms with E-state index in [9.17, 15) is 0 Å². The Hall–Kier alpha value is -0.740. The van der Waals surface area contributed by atoms with E-state index in [1.54, 1.807) is 22.7 Å². The summed E-state index contributed by atoms with van der Waals surface area (Å²) in [6.45, 7) is 6.74. The first-order valence-electron chi connectivity index (χ1n) is 6.19. The number of aryl methyl sites for hydroxylation is 2. The van der Waals surface area contributed by atoms with Gasteiger partial charge in [-0.05, 0) is 0 Å². The first kappa shape index (κ1) is 14.3. The van der Waals surface area contributed by atoms with E-state index in [2.05, 4.69) is 57.2 Å². The van der Waals surface area contributed by atoms with Crippen molar-refractivity contribution in [1.82, 2.24) is 0 Å². The van der Waals surface area contributed by atoms with Crippen molar-refractivity contribution in [2.75, 3.05) is 0 Å². The van der Waals surface area contributed by atoms with Crippen molar-refractivity contribution in [3.8, 4) is 0 Å². The third kappa shape index (κ3) is 6.54. The fraction of sp³-hybridized carbons (Fsp3) is 0.538. The molecule has 0 saturated carbocycles. The number of rotatable bonds is 5. The fourth-order valence-electron chi connectivity index (χ4n) is 1.38. The van der Waals surface area contributed by atoms with Gasteiger partial charge < -0.3 is 0 Å². The predicted molar refractivity (Wildman–Crippen MR) is 74.2 cm³/mol. The molecule has 0 aliphatic rings. The molecule has 0 fully saturated rings. The van der Waals surface area contributed by atoms with Crippen LogP contribution >= 0.6 is 22.7 Å². The van der Waals surface area contributed by atoms with Gasteiger partial charge in [0.15, 0.2) is 12.4 Å². The smallest absolute Gasteiger partial charge is 0.195 e. The number of nitrogens with zero attached hydrogens (tertiary/aromatic N) is 2. The second kappa shape index (κ2) is 9.31. The van der Waals surface area contributed by atoms with Crippen LogP contribution in [0.3, 0.4) is 0 Å². The third-order valence-electron chi connectivity index (χ3n) is 2.31. The maximum atomic E-state index is 2.23. The molecule has 0 saturated heterocycles. The van der Waals surface area contributed by atoms with Gasteiger partial charge in [0.1, 0.15) is 13.1 Å². The van der Waals surface area contributed by atoms with E-state index >= 15 is 0 Å². The minimum Gasteiger partial charge on any atom is -0.195 e. The van der Waals surface area contributed by atoms with Crippen molar-refractivity contribution in [3.63, 3.8) is 0 Å². The van der Waals surface area contributed by atoms with Gasteiger partial charge in [0, 0.05) is 12.8 Å². The molecule has 0 spiro atoms. The quantitative estimate of drug-likeness (QED) is 0.737. The molecule has 94 valence electrons. The molecular formula is C13H22N2S2+2. The van der Waals surface area contributed by atoms with E-state index < -0.39 is 0 Å². The molecule has 0 N–H and O–H groups in total. The summed E-state index contributed by atoms with van der Waals surface area (Å²) in [5, 5.41) is 4.20. The van der Waals surface area contributed by atoms with Crippen LogP contribution in [0.2, 0.25) is 0 Å². The molecule has 2 rings (SSSR count). The minimum atomic E-state index is 1.16. The van der Waals surface area contributed by atoms with Gasteiger partial charge in [-0.2, -0.15) is 9.13 Å². The minimum absolute atomic E-state index is 1.16. The van der Waals surface area contributed by atoms with Crippen LogP contribution in [0.4, 0.5) is 0 Å². The lowest BCUT2D eigenvalue weighted by Gasteiger charge is -1.86. The molecule has 0 aromatic carbocycles. The third-order valence-corrected chi connectivity index (χ3v) is 3.65. The highest BCUT2D eigenvalue weighted by molar-refractivity contribution is 7.07. The summed E-state index contributed by atoms with van der Waals surface area (Å²) >= 11 is 3.50. The second-order valence-corrected chi connectivity index (χ2v) is 5.39. The SMILES string of the molecule is CCCC[n+]1ccsc1.CCC[n+]1ccsc1. The molecular weight excluding hydrogens is 248 g/mol. The summed E-state index contributed by atoms with van der Waals surface area (Å²) in [4.78, 5) is 0. The molecule has 0 aliphatic heterocycles. The van der Waals surface area contributed by atoms with Crippen LogP contribution in [0.5, 0.6) is 0 Å². The van der Waals surface area contributed by atoms with Gasteiger partial charge in [-0.3, -0.25) is 0 Å². The van der Waals surface area contributed by atoms with Crippen molar-refractivity contribution < 1.29 is 9.13 Å². The molecule has 2 aromatic heterocycles. The number of aromatic nitrogens is 2. The average Bonchev–Trinajstić information content (AvgIpc) is 3.00. The van der Waals surface area contributed by atoms with Gasteiger partial charge in [0.2, 0.25) is 11.0 Å². The Bertz CT molecular complexity index is 355. The van der Waals surface area contributed by atoms with Crippen molar-refractivity contribution in [2.45, 2.75) is 46.2 Å². The molecule has 0 bridgehead atoms. The highest BCUT2D eigenvalue weighted by Gasteiger charge is 1.95. The Labute approximate surface area is 112 Å². The number of unbranched alkanes of at least 4 members (excludes halogenated alkanes) is 1. The van der Waals surface area contributed by atoms with E-state index in [1.165, 1.54) is 25.8 Å². The van der Waals surface area contributed by atoms with Crippen molar-refractivity contribution in [1.29, 1.82) is 0 Å². The maximum absolute atomic E-state index is 2.23. The topological polar surface area (TPSA) is 7.76 Å². The predicted octanol–water partition coefficient (Wildman–Crippen LogP) is 3.28. The van der Waals surface area contributed by atoms with E-state index in [4.69, 9.17) is 0 Å². The molecule has 0 aliphatic carbocycles. The van der Waals surface area contributed by atoms with Gasteiger partial charge in [0.05, 0.1) is 10.8 Å². The monoisotopic (exact) mass is 270 g/mol. The molecule has 2 heterocycles. The second-order valence-electron chi connectivity index (χ2n) is 3.88. The molecule has 17 heavy (non-hydrogen) atoms. The Morgan fingerprint density at radius 1 is 0.824 bits per heavy atom. The van der Waals surface area contributed by atoms with E-state index in [1.807, 2.05) is 0 Å². The average molecular weight is 270 g/mol. The molecule has 0 amide bonds. The molecule has 0 atom stereocenters. The van der Waals surface area contributed by atoms with Crippen molar-refractivity contribution >= 4 is 22.7 Å². The van der Waals surface area contributed by atoms with Crippen LogP contribution in [-0.2, 0) is 13.1 Å². The molecule has 0 radical (unpaired) electrons. The zero-order valence-electron chi connectivity index (χ0n) is 10.7. The zero-order valence-corrected chi connectivity index (χ0v) is 12.3. The Morgan fingerprint density at radius 3 is 1.82 bits per heavy atom.